The monoisotopic (exact) mass is 361 g/mol. The highest BCUT2D eigenvalue weighted by Gasteiger charge is 2.41. The molecule has 146 valence electrons. The van der Waals surface area contributed by atoms with E-state index in [1.807, 2.05) is 11.8 Å². The molecule has 4 rings (SSSR count). The van der Waals surface area contributed by atoms with Gasteiger partial charge in [0.25, 0.3) is 0 Å². The van der Waals surface area contributed by atoms with E-state index in [2.05, 4.69) is 10.2 Å². The lowest BCUT2D eigenvalue weighted by molar-refractivity contribution is -0.133. The van der Waals surface area contributed by atoms with Crippen molar-refractivity contribution in [1.82, 2.24) is 15.1 Å². The van der Waals surface area contributed by atoms with Crippen LogP contribution in [-0.4, -0.2) is 59.9 Å². The van der Waals surface area contributed by atoms with Crippen LogP contribution in [0.4, 0.5) is 0 Å². The molecular weight excluding hydrogens is 326 g/mol. The second-order valence-electron chi connectivity index (χ2n) is 9.07. The first-order valence-electron chi connectivity index (χ1n) is 11.0. The third-order valence-corrected chi connectivity index (χ3v) is 7.60. The van der Waals surface area contributed by atoms with Gasteiger partial charge in [0, 0.05) is 37.5 Å². The minimum absolute atomic E-state index is 0.215. The molecule has 4 aliphatic rings. The van der Waals surface area contributed by atoms with Crippen LogP contribution in [0.25, 0.3) is 0 Å². The van der Waals surface area contributed by atoms with E-state index in [0.717, 1.165) is 63.7 Å². The molecule has 2 saturated heterocycles. The van der Waals surface area contributed by atoms with Gasteiger partial charge in [-0.15, -0.1) is 0 Å². The number of likely N-dealkylation sites (tertiary alicyclic amines) is 2. The third-order valence-electron chi connectivity index (χ3n) is 7.60. The van der Waals surface area contributed by atoms with Crippen LogP contribution in [0.3, 0.4) is 0 Å². The topological polar surface area (TPSA) is 52.7 Å². The molecule has 0 radical (unpaired) electrons. The molecule has 2 saturated carbocycles. The van der Waals surface area contributed by atoms with Gasteiger partial charge in [-0.2, -0.15) is 0 Å². The van der Waals surface area contributed by atoms with Crippen LogP contribution < -0.4 is 5.32 Å². The summed E-state index contributed by atoms with van der Waals surface area (Å²) in [4.78, 5) is 29.1. The fraction of sp³-hybridized carbons (Fsp3) is 0.905. The number of rotatable bonds is 4. The summed E-state index contributed by atoms with van der Waals surface area (Å²) in [6, 6.07) is 1.07. The highest BCUT2D eigenvalue weighted by Crippen LogP contribution is 2.44. The third kappa shape index (κ3) is 3.78. The Labute approximate surface area is 157 Å². The standard InChI is InChI=1S/C21H35N3O2/c1-2-20(25)24-11-7-18(8-12-24)23-9-5-16(6-10-23)21(26)22-19-14-15-3-4-17(19)13-15/h15-19H,2-14H2,1H3,(H,22,26). The fourth-order valence-corrected chi connectivity index (χ4v) is 5.95. The van der Waals surface area contributed by atoms with Gasteiger partial charge >= 0.3 is 0 Å². The van der Waals surface area contributed by atoms with Gasteiger partial charge in [0.1, 0.15) is 0 Å². The maximum atomic E-state index is 12.7. The zero-order valence-electron chi connectivity index (χ0n) is 16.3. The Morgan fingerprint density at radius 2 is 1.65 bits per heavy atom. The number of fused-ring (bicyclic) bond motifs is 2. The number of nitrogens with zero attached hydrogens (tertiary/aromatic N) is 2. The van der Waals surface area contributed by atoms with Crippen LogP contribution in [-0.2, 0) is 9.59 Å². The lowest BCUT2D eigenvalue weighted by atomic mass is 9.91. The van der Waals surface area contributed by atoms with Gasteiger partial charge in [-0.05, 0) is 69.9 Å². The smallest absolute Gasteiger partial charge is 0.223 e. The zero-order valence-corrected chi connectivity index (χ0v) is 16.3. The number of hydrogen-bond acceptors (Lipinski definition) is 3. The summed E-state index contributed by atoms with van der Waals surface area (Å²) < 4.78 is 0. The van der Waals surface area contributed by atoms with E-state index in [4.69, 9.17) is 0 Å². The Balaban J connectivity index is 1.19. The molecule has 1 N–H and O–H groups in total. The van der Waals surface area contributed by atoms with Gasteiger partial charge in [-0.3, -0.25) is 9.59 Å². The molecule has 2 aliphatic heterocycles. The largest absolute Gasteiger partial charge is 0.353 e. The summed E-state index contributed by atoms with van der Waals surface area (Å²) in [7, 11) is 0. The van der Waals surface area contributed by atoms with Gasteiger partial charge < -0.3 is 15.1 Å². The second kappa shape index (κ2) is 7.87. The lowest BCUT2D eigenvalue weighted by Crippen LogP contribution is -2.51. The van der Waals surface area contributed by atoms with Gasteiger partial charge in [0.15, 0.2) is 0 Å². The maximum absolute atomic E-state index is 12.7. The maximum Gasteiger partial charge on any atom is 0.223 e. The summed E-state index contributed by atoms with van der Waals surface area (Å²) in [6.07, 6.45) is 10.1. The number of carbonyl (C=O) groups is 2. The quantitative estimate of drug-likeness (QED) is 0.837. The fourth-order valence-electron chi connectivity index (χ4n) is 5.95. The number of carbonyl (C=O) groups excluding carboxylic acids is 2. The van der Waals surface area contributed by atoms with E-state index in [-0.39, 0.29) is 5.92 Å². The lowest BCUT2D eigenvalue weighted by Gasteiger charge is -2.41. The number of amides is 2. The minimum Gasteiger partial charge on any atom is -0.353 e. The SMILES string of the molecule is CCC(=O)N1CCC(N2CCC(C(=O)NC3CC4CCC3C4)CC2)CC1. The van der Waals surface area contributed by atoms with Crippen LogP contribution in [0.1, 0.15) is 64.7 Å². The summed E-state index contributed by atoms with van der Waals surface area (Å²) in [5, 5.41) is 3.40. The summed E-state index contributed by atoms with van der Waals surface area (Å²) in [6.45, 7) is 5.84. The predicted molar refractivity (Wildman–Crippen MR) is 102 cm³/mol. The molecule has 3 unspecified atom stereocenters. The molecule has 5 heteroatoms. The minimum atomic E-state index is 0.215. The molecule has 5 nitrogen and oxygen atoms in total. The van der Waals surface area contributed by atoms with E-state index in [9.17, 15) is 9.59 Å². The van der Waals surface area contributed by atoms with Gasteiger partial charge in [0.05, 0.1) is 0 Å². The first kappa shape index (κ1) is 18.3. The summed E-state index contributed by atoms with van der Waals surface area (Å²) >= 11 is 0. The number of nitrogens with one attached hydrogen (secondary N) is 1. The average Bonchev–Trinajstić information content (AvgIpc) is 3.31. The van der Waals surface area contributed by atoms with Crippen molar-refractivity contribution in [3.8, 4) is 0 Å². The van der Waals surface area contributed by atoms with Crippen LogP contribution in [0.5, 0.6) is 0 Å². The summed E-state index contributed by atoms with van der Waals surface area (Å²) in [5.74, 6) is 2.48. The van der Waals surface area contributed by atoms with E-state index in [0.29, 0.717) is 30.3 Å². The highest BCUT2D eigenvalue weighted by atomic mass is 16.2. The Morgan fingerprint density at radius 1 is 0.923 bits per heavy atom. The van der Waals surface area contributed by atoms with Crippen molar-refractivity contribution in [2.45, 2.75) is 76.8 Å². The van der Waals surface area contributed by atoms with Crippen LogP contribution >= 0.6 is 0 Å². The Kier molecular flexibility index (Phi) is 5.53. The van der Waals surface area contributed by atoms with Gasteiger partial charge in [-0.25, -0.2) is 0 Å². The molecule has 26 heavy (non-hydrogen) atoms. The van der Waals surface area contributed by atoms with Crippen LogP contribution in [0.2, 0.25) is 0 Å². The molecule has 0 aromatic heterocycles. The van der Waals surface area contributed by atoms with E-state index in [1.54, 1.807) is 0 Å². The normalized spacial score (nSPS) is 33.6. The van der Waals surface area contributed by atoms with E-state index in [1.165, 1.54) is 25.7 Å². The Morgan fingerprint density at radius 3 is 2.23 bits per heavy atom. The molecule has 2 amide bonds. The van der Waals surface area contributed by atoms with Crippen molar-refractivity contribution in [2.24, 2.45) is 17.8 Å². The number of hydrogen-bond donors (Lipinski definition) is 1. The van der Waals surface area contributed by atoms with E-state index >= 15 is 0 Å². The molecule has 0 spiro atoms. The van der Waals surface area contributed by atoms with Crippen molar-refractivity contribution >= 4 is 11.8 Å². The first-order chi connectivity index (χ1) is 12.6. The van der Waals surface area contributed by atoms with Crippen LogP contribution in [0.15, 0.2) is 0 Å². The molecule has 4 fully saturated rings. The van der Waals surface area contributed by atoms with Crippen LogP contribution in [0, 0.1) is 17.8 Å². The van der Waals surface area contributed by atoms with Crippen molar-refractivity contribution in [3.63, 3.8) is 0 Å². The van der Waals surface area contributed by atoms with Crippen molar-refractivity contribution in [1.29, 1.82) is 0 Å². The van der Waals surface area contributed by atoms with Crippen molar-refractivity contribution in [3.05, 3.63) is 0 Å². The molecule has 0 aromatic rings. The van der Waals surface area contributed by atoms with Gasteiger partial charge in [0.2, 0.25) is 11.8 Å². The molecule has 2 heterocycles. The highest BCUT2D eigenvalue weighted by molar-refractivity contribution is 5.79. The molecule has 2 bridgehead atoms. The zero-order chi connectivity index (χ0) is 18.1. The Bertz CT molecular complexity index is 521. The first-order valence-corrected chi connectivity index (χ1v) is 11.0. The molecular formula is C21H35N3O2. The second-order valence-corrected chi connectivity index (χ2v) is 9.07. The van der Waals surface area contributed by atoms with E-state index < -0.39 is 0 Å². The number of piperidine rings is 2. The molecule has 3 atom stereocenters. The predicted octanol–water partition coefficient (Wildman–Crippen LogP) is 2.40. The van der Waals surface area contributed by atoms with Crippen molar-refractivity contribution in [2.75, 3.05) is 26.2 Å². The molecule has 0 aromatic carbocycles. The average molecular weight is 362 g/mol. The van der Waals surface area contributed by atoms with Crippen molar-refractivity contribution < 1.29 is 9.59 Å². The van der Waals surface area contributed by atoms with Gasteiger partial charge in [-0.1, -0.05) is 13.3 Å². The molecule has 2 aliphatic carbocycles. The Hall–Kier alpha value is -1.10. The summed E-state index contributed by atoms with van der Waals surface area (Å²) in [5.41, 5.74) is 0.